The van der Waals surface area contributed by atoms with Gasteiger partial charge in [-0.2, -0.15) is 0 Å². The fourth-order valence-electron chi connectivity index (χ4n) is 4.40. The van der Waals surface area contributed by atoms with Gasteiger partial charge in [-0.1, -0.05) is 129 Å². The Balaban J connectivity index is 3.71. The van der Waals surface area contributed by atoms with Crippen molar-refractivity contribution in [2.45, 2.75) is 167 Å². The molecule has 0 fully saturated rings. The predicted octanol–water partition coefficient (Wildman–Crippen LogP) is 6.42. The molecule has 0 radical (unpaired) electrons. The first-order valence-electron chi connectivity index (χ1n) is 14.3. The molecular weight excluding hydrogens is 414 g/mol. The number of nitrogens with one attached hydrogen (secondary N) is 1. The number of rotatable bonds is 25. The van der Waals surface area contributed by atoms with Crippen molar-refractivity contribution >= 4 is 5.91 Å². The Morgan fingerprint density at radius 2 is 1.03 bits per heavy atom. The van der Waals surface area contributed by atoms with Crippen LogP contribution in [-0.4, -0.2) is 46.1 Å². The number of carbonyl (C=O) groups excluding carboxylic acids is 1. The summed E-state index contributed by atoms with van der Waals surface area (Å²) in [4.78, 5) is 12.2. The highest BCUT2D eigenvalue weighted by molar-refractivity contribution is 5.76. The van der Waals surface area contributed by atoms with Crippen LogP contribution in [0.15, 0.2) is 0 Å². The standard InChI is InChI=1S/C28H57NO4/c1-3-5-7-9-10-11-12-13-14-15-16-18-20-22-27(32)26(24-30)29-28(33)23-25(31)21-19-17-8-6-4-2/h25-27,30-32H,3-24H2,1-2H3,(H,29,33)/t25-,26-,27+/m0/s1. The van der Waals surface area contributed by atoms with Gasteiger partial charge in [-0.25, -0.2) is 0 Å². The van der Waals surface area contributed by atoms with Crippen molar-refractivity contribution in [1.82, 2.24) is 5.32 Å². The number of amides is 1. The minimum absolute atomic E-state index is 0.0374. The average Bonchev–Trinajstić information content (AvgIpc) is 2.80. The van der Waals surface area contributed by atoms with Gasteiger partial charge in [0.2, 0.25) is 5.91 Å². The zero-order valence-corrected chi connectivity index (χ0v) is 22.0. The summed E-state index contributed by atoms with van der Waals surface area (Å²) in [5.74, 6) is -0.292. The summed E-state index contributed by atoms with van der Waals surface area (Å²) in [5.41, 5.74) is 0. The molecule has 4 N–H and O–H groups in total. The molecule has 0 aromatic carbocycles. The van der Waals surface area contributed by atoms with Gasteiger partial charge in [-0.15, -0.1) is 0 Å². The molecule has 198 valence electrons. The van der Waals surface area contributed by atoms with Crippen molar-refractivity contribution in [1.29, 1.82) is 0 Å². The number of carbonyl (C=O) groups is 1. The molecule has 1 amide bonds. The molecule has 0 aliphatic rings. The maximum Gasteiger partial charge on any atom is 0.222 e. The monoisotopic (exact) mass is 471 g/mol. The number of aliphatic hydroxyl groups excluding tert-OH is 3. The van der Waals surface area contributed by atoms with Crippen LogP contribution in [-0.2, 0) is 4.79 Å². The van der Waals surface area contributed by atoms with Crippen LogP contribution in [0, 0.1) is 0 Å². The maximum absolute atomic E-state index is 12.2. The fraction of sp³-hybridized carbons (Fsp3) is 0.964. The van der Waals surface area contributed by atoms with E-state index in [-0.39, 0.29) is 18.9 Å². The third-order valence-electron chi connectivity index (χ3n) is 6.67. The van der Waals surface area contributed by atoms with Crippen molar-refractivity contribution in [3.8, 4) is 0 Å². The molecular formula is C28H57NO4. The second kappa shape index (κ2) is 24.5. The number of aliphatic hydroxyl groups is 3. The van der Waals surface area contributed by atoms with Crippen molar-refractivity contribution in [2.75, 3.05) is 6.61 Å². The van der Waals surface area contributed by atoms with Gasteiger partial charge in [0.15, 0.2) is 0 Å². The van der Waals surface area contributed by atoms with E-state index in [9.17, 15) is 20.1 Å². The third-order valence-corrected chi connectivity index (χ3v) is 6.67. The summed E-state index contributed by atoms with van der Waals surface area (Å²) in [6, 6.07) is -0.647. The normalized spacial score (nSPS) is 14.2. The Morgan fingerprint density at radius 3 is 1.45 bits per heavy atom. The van der Waals surface area contributed by atoms with E-state index in [2.05, 4.69) is 19.2 Å². The van der Waals surface area contributed by atoms with E-state index in [0.717, 1.165) is 25.7 Å². The van der Waals surface area contributed by atoms with Gasteiger partial charge < -0.3 is 20.6 Å². The van der Waals surface area contributed by atoms with Crippen LogP contribution in [0.3, 0.4) is 0 Å². The largest absolute Gasteiger partial charge is 0.394 e. The molecule has 0 aliphatic carbocycles. The zero-order chi connectivity index (χ0) is 24.6. The highest BCUT2D eigenvalue weighted by atomic mass is 16.3. The fourth-order valence-corrected chi connectivity index (χ4v) is 4.40. The Bertz CT molecular complexity index is 419. The molecule has 0 saturated carbocycles. The first-order valence-corrected chi connectivity index (χ1v) is 14.3. The molecule has 0 aromatic heterocycles. The van der Waals surface area contributed by atoms with Crippen molar-refractivity contribution in [3.05, 3.63) is 0 Å². The van der Waals surface area contributed by atoms with Crippen LogP contribution in [0.1, 0.15) is 149 Å². The van der Waals surface area contributed by atoms with Gasteiger partial charge in [-0.05, 0) is 12.8 Å². The summed E-state index contributed by atoms with van der Waals surface area (Å²) in [5, 5.41) is 32.7. The van der Waals surface area contributed by atoms with Crippen LogP contribution in [0.2, 0.25) is 0 Å². The summed E-state index contributed by atoms with van der Waals surface area (Å²) < 4.78 is 0. The molecule has 0 bridgehead atoms. The van der Waals surface area contributed by atoms with E-state index < -0.39 is 18.2 Å². The summed E-state index contributed by atoms with van der Waals surface area (Å²) in [6.07, 6.45) is 22.1. The molecule has 33 heavy (non-hydrogen) atoms. The highest BCUT2D eigenvalue weighted by Gasteiger charge is 2.21. The lowest BCUT2D eigenvalue weighted by Crippen LogP contribution is -2.46. The molecule has 0 unspecified atom stereocenters. The third kappa shape index (κ3) is 21.6. The van der Waals surface area contributed by atoms with E-state index in [1.54, 1.807) is 0 Å². The van der Waals surface area contributed by atoms with Gasteiger partial charge in [0.1, 0.15) is 0 Å². The molecule has 5 nitrogen and oxygen atoms in total. The first-order chi connectivity index (χ1) is 16.0. The van der Waals surface area contributed by atoms with E-state index in [1.165, 1.54) is 89.9 Å². The lowest BCUT2D eigenvalue weighted by molar-refractivity contribution is -0.125. The number of hydrogen-bond donors (Lipinski definition) is 4. The average molecular weight is 472 g/mol. The Hall–Kier alpha value is -0.650. The van der Waals surface area contributed by atoms with Crippen molar-refractivity contribution in [2.24, 2.45) is 0 Å². The molecule has 0 saturated heterocycles. The maximum atomic E-state index is 12.2. The smallest absolute Gasteiger partial charge is 0.222 e. The van der Waals surface area contributed by atoms with Crippen molar-refractivity contribution in [3.63, 3.8) is 0 Å². The molecule has 0 aromatic rings. The second-order valence-corrected chi connectivity index (χ2v) is 10.0. The minimum Gasteiger partial charge on any atom is -0.394 e. The highest BCUT2D eigenvalue weighted by Crippen LogP contribution is 2.14. The summed E-state index contributed by atoms with van der Waals surface area (Å²) >= 11 is 0. The van der Waals surface area contributed by atoms with E-state index >= 15 is 0 Å². The Kier molecular flexibility index (Phi) is 24.0. The first kappa shape index (κ1) is 32.4. The van der Waals surface area contributed by atoms with Crippen molar-refractivity contribution < 1.29 is 20.1 Å². The van der Waals surface area contributed by atoms with Crippen LogP contribution in [0.5, 0.6) is 0 Å². The van der Waals surface area contributed by atoms with Gasteiger partial charge >= 0.3 is 0 Å². The van der Waals surface area contributed by atoms with Gasteiger partial charge in [0, 0.05) is 0 Å². The van der Waals surface area contributed by atoms with Gasteiger partial charge in [-0.3, -0.25) is 4.79 Å². The van der Waals surface area contributed by atoms with Crippen LogP contribution >= 0.6 is 0 Å². The second-order valence-electron chi connectivity index (χ2n) is 10.0. The van der Waals surface area contributed by atoms with Crippen LogP contribution < -0.4 is 5.32 Å². The summed E-state index contributed by atoms with van der Waals surface area (Å²) in [7, 11) is 0. The number of unbranched alkanes of at least 4 members (excludes halogenated alkanes) is 16. The van der Waals surface area contributed by atoms with Gasteiger partial charge in [0.05, 0.1) is 31.3 Å². The lowest BCUT2D eigenvalue weighted by atomic mass is 10.0. The topological polar surface area (TPSA) is 89.8 Å². The van der Waals surface area contributed by atoms with Crippen LogP contribution in [0.25, 0.3) is 0 Å². The quantitative estimate of drug-likeness (QED) is 0.116. The van der Waals surface area contributed by atoms with E-state index in [1.807, 2.05) is 0 Å². The molecule has 5 heteroatoms. The minimum atomic E-state index is -0.738. The van der Waals surface area contributed by atoms with Gasteiger partial charge in [0.25, 0.3) is 0 Å². The van der Waals surface area contributed by atoms with E-state index in [0.29, 0.717) is 12.8 Å². The molecule has 0 spiro atoms. The molecule has 0 aliphatic heterocycles. The molecule has 3 atom stereocenters. The summed E-state index contributed by atoms with van der Waals surface area (Å²) in [6.45, 7) is 4.15. The molecule has 0 rings (SSSR count). The SMILES string of the molecule is CCCCCCCCCCCCCCC[C@@H](O)[C@H](CO)NC(=O)C[C@@H](O)CCCCCCC. The number of hydrogen-bond acceptors (Lipinski definition) is 4. The zero-order valence-electron chi connectivity index (χ0n) is 22.0. The van der Waals surface area contributed by atoms with E-state index in [4.69, 9.17) is 0 Å². The van der Waals surface area contributed by atoms with Crippen LogP contribution in [0.4, 0.5) is 0 Å². The lowest BCUT2D eigenvalue weighted by Gasteiger charge is -2.23. The Labute approximate surface area is 205 Å². The molecule has 0 heterocycles. The Morgan fingerprint density at radius 1 is 0.636 bits per heavy atom. The predicted molar refractivity (Wildman–Crippen MR) is 139 cm³/mol.